The minimum atomic E-state index is -0.793. The molecule has 0 bridgehead atoms. The van der Waals surface area contributed by atoms with Crippen LogP contribution in [0.5, 0.6) is 0 Å². The zero-order valence-electron chi connectivity index (χ0n) is 11.5. The Bertz CT molecular complexity index is 963. The second-order valence-corrected chi connectivity index (χ2v) is 6.65. The lowest BCUT2D eigenvalue weighted by atomic mass is 10.1. The normalized spacial score (nSPS) is 12.0. The molecule has 5 nitrogen and oxygen atoms in total. The number of thioether (sulfide) groups is 2. The number of aromatic nitrogens is 2. The van der Waals surface area contributed by atoms with E-state index in [0.717, 1.165) is 35.7 Å². The molecule has 1 aromatic heterocycles. The molecule has 0 saturated heterocycles. The lowest BCUT2D eigenvalue weighted by Gasteiger charge is -2.03. The summed E-state index contributed by atoms with van der Waals surface area (Å²) >= 11 is 2.13. The highest BCUT2D eigenvalue weighted by Crippen LogP contribution is 2.52. The van der Waals surface area contributed by atoms with E-state index in [4.69, 9.17) is 10.5 Å². The molecule has 1 aromatic carbocycles. The monoisotopic (exact) mass is 355 g/mol. The predicted molar refractivity (Wildman–Crippen MR) is 82.1 cm³/mol. The van der Waals surface area contributed by atoms with Gasteiger partial charge in [0.25, 0.3) is 0 Å². The van der Waals surface area contributed by atoms with Crippen molar-refractivity contribution in [1.29, 1.82) is 15.8 Å². The SMILES string of the molecule is N#CC(=C1Sc2nc(C#N)c(C#N)nc2S1)c1cc(F)cc(F)c1. The largest absolute Gasteiger partial charge is 0.224 e. The van der Waals surface area contributed by atoms with Gasteiger partial charge in [-0.25, -0.2) is 18.7 Å². The summed E-state index contributed by atoms with van der Waals surface area (Å²) in [6, 6.07) is 8.32. The Morgan fingerprint density at radius 2 is 1.38 bits per heavy atom. The number of nitriles is 3. The van der Waals surface area contributed by atoms with Crippen LogP contribution in [-0.2, 0) is 0 Å². The van der Waals surface area contributed by atoms with E-state index in [9.17, 15) is 14.0 Å². The molecule has 0 N–H and O–H groups in total. The number of rotatable bonds is 1. The van der Waals surface area contributed by atoms with Crippen molar-refractivity contribution < 1.29 is 8.78 Å². The number of halogens is 2. The first-order valence-electron chi connectivity index (χ1n) is 6.24. The van der Waals surface area contributed by atoms with Gasteiger partial charge in [-0.3, -0.25) is 0 Å². The highest BCUT2D eigenvalue weighted by atomic mass is 32.2. The minimum Gasteiger partial charge on any atom is -0.224 e. The third-order valence-corrected chi connectivity index (χ3v) is 5.26. The molecule has 0 unspecified atom stereocenters. The Morgan fingerprint density at radius 1 is 0.875 bits per heavy atom. The molecule has 2 aromatic rings. The smallest absolute Gasteiger partial charge is 0.178 e. The third-order valence-electron chi connectivity index (χ3n) is 2.89. The number of allylic oxidation sites excluding steroid dienone is 1. The van der Waals surface area contributed by atoms with Crippen LogP contribution in [-0.4, -0.2) is 9.97 Å². The van der Waals surface area contributed by atoms with Crippen molar-refractivity contribution in [2.45, 2.75) is 10.1 Å². The zero-order chi connectivity index (χ0) is 17.3. The average molecular weight is 355 g/mol. The Hall–Kier alpha value is -2.93. The quantitative estimate of drug-likeness (QED) is 0.721. The summed E-state index contributed by atoms with van der Waals surface area (Å²) in [6.07, 6.45) is 0. The van der Waals surface area contributed by atoms with Gasteiger partial charge in [0.15, 0.2) is 11.4 Å². The molecule has 3 rings (SSSR count). The van der Waals surface area contributed by atoms with Crippen LogP contribution in [0.1, 0.15) is 17.0 Å². The summed E-state index contributed by atoms with van der Waals surface area (Å²) < 4.78 is 27.2. The summed E-state index contributed by atoms with van der Waals surface area (Å²) in [5, 5.41) is 28.1. The van der Waals surface area contributed by atoms with E-state index in [-0.39, 0.29) is 22.5 Å². The molecule has 0 atom stereocenters. The summed E-state index contributed by atoms with van der Waals surface area (Å²) in [6.45, 7) is 0. The third kappa shape index (κ3) is 2.81. The van der Waals surface area contributed by atoms with Gasteiger partial charge in [-0.2, -0.15) is 15.8 Å². The topological polar surface area (TPSA) is 97.1 Å². The van der Waals surface area contributed by atoms with Crippen LogP contribution in [0.25, 0.3) is 5.57 Å². The van der Waals surface area contributed by atoms with Gasteiger partial charge in [0.05, 0.1) is 9.81 Å². The highest BCUT2D eigenvalue weighted by Gasteiger charge is 2.27. The standard InChI is InChI=1S/C15H3F2N5S2/c16-8-1-7(2-9(17)3-8)10(4-18)15-23-13-14(24-15)22-12(6-20)11(5-19)21-13/h1-3H. The second kappa shape index (κ2) is 6.29. The molecular weight excluding hydrogens is 352 g/mol. The molecule has 0 fully saturated rings. The zero-order valence-corrected chi connectivity index (χ0v) is 13.2. The highest BCUT2D eigenvalue weighted by molar-refractivity contribution is 8.24. The van der Waals surface area contributed by atoms with E-state index < -0.39 is 11.6 Å². The lowest BCUT2D eigenvalue weighted by molar-refractivity contribution is 0.582. The minimum absolute atomic E-state index is 0.0696. The maximum atomic E-state index is 13.4. The predicted octanol–water partition coefficient (Wildman–Crippen LogP) is 3.59. The molecular formula is C15H3F2N5S2. The second-order valence-electron chi connectivity index (χ2n) is 4.39. The first-order chi connectivity index (χ1) is 11.5. The van der Waals surface area contributed by atoms with Gasteiger partial charge in [-0.1, -0.05) is 23.5 Å². The van der Waals surface area contributed by atoms with Crippen molar-refractivity contribution in [3.63, 3.8) is 0 Å². The number of fused-ring (bicyclic) bond motifs is 1. The molecule has 114 valence electrons. The molecule has 0 saturated carbocycles. The summed E-state index contributed by atoms with van der Waals surface area (Å²) in [7, 11) is 0. The number of hydrogen-bond donors (Lipinski definition) is 0. The summed E-state index contributed by atoms with van der Waals surface area (Å²) in [4.78, 5) is 8.09. The molecule has 24 heavy (non-hydrogen) atoms. The van der Waals surface area contributed by atoms with Crippen molar-refractivity contribution >= 4 is 29.1 Å². The lowest BCUT2D eigenvalue weighted by Crippen LogP contribution is -1.96. The first kappa shape index (κ1) is 15.9. The fourth-order valence-electron chi connectivity index (χ4n) is 1.92. The van der Waals surface area contributed by atoms with Crippen molar-refractivity contribution in [1.82, 2.24) is 9.97 Å². The number of benzene rings is 1. The molecule has 0 spiro atoms. The maximum Gasteiger partial charge on any atom is 0.178 e. The van der Waals surface area contributed by atoms with E-state index in [1.807, 2.05) is 6.07 Å². The Balaban J connectivity index is 2.10. The van der Waals surface area contributed by atoms with E-state index in [0.29, 0.717) is 20.4 Å². The molecule has 1 aliphatic rings. The number of nitrogens with zero attached hydrogens (tertiary/aromatic N) is 5. The maximum absolute atomic E-state index is 13.4. The summed E-state index contributed by atoms with van der Waals surface area (Å²) in [5.74, 6) is -1.59. The molecule has 2 heterocycles. The van der Waals surface area contributed by atoms with Crippen molar-refractivity contribution in [2.24, 2.45) is 0 Å². The fourth-order valence-corrected chi connectivity index (χ4v) is 4.23. The van der Waals surface area contributed by atoms with Crippen molar-refractivity contribution in [3.05, 3.63) is 51.0 Å². The Kier molecular flexibility index (Phi) is 4.18. The van der Waals surface area contributed by atoms with Gasteiger partial charge in [0, 0.05) is 6.07 Å². The summed E-state index contributed by atoms with van der Waals surface area (Å²) in [5.41, 5.74) is -0.0548. The Morgan fingerprint density at radius 3 is 1.79 bits per heavy atom. The molecule has 1 aliphatic heterocycles. The van der Waals surface area contributed by atoms with Crippen LogP contribution in [0.3, 0.4) is 0 Å². The van der Waals surface area contributed by atoms with Crippen LogP contribution in [0.15, 0.2) is 32.5 Å². The van der Waals surface area contributed by atoms with E-state index in [1.54, 1.807) is 12.1 Å². The van der Waals surface area contributed by atoms with Gasteiger partial charge in [-0.05, 0) is 17.7 Å². The van der Waals surface area contributed by atoms with Crippen LogP contribution < -0.4 is 0 Å². The molecule has 0 amide bonds. The first-order valence-corrected chi connectivity index (χ1v) is 7.87. The van der Waals surface area contributed by atoms with Gasteiger partial charge in [0.1, 0.15) is 39.9 Å². The van der Waals surface area contributed by atoms with Crippen molar-refractivity contribution in [2.75, 3.05) is 0 Å². The molecule has 0 radical (unpaired) electrons. The van der Waals surface area contributed by atoms with E-state index >= 15 is 0 Å². The van der Waals surface area contributed by atoms with Gasteiger partial charge >= 0.3 is 0 Å². The Labute approximate surface area is 143 Å². The van der Waals surface area contributed by atoms with Crippen molar-refractivity contribution in [3.8, 4) is 18.2 Å². The molecule has 9 heteroatoms. The van der Waals surface area contributed by atoms with Gasteiger partial charge < -0.3 is 0 Å². The van der Waals surface area contributed by atoms with Crippen LogP contribution in [0.4, 0.5) is 8.78 Å². The van der Waals surface area contributed by atoms with Crippen LogP contribution in [0.2, 0.25) is 0 Å². The fraction of sp³-hybridized carbons (Fsp3) is 0. The van der Waals surface area contributed by atoms with Crippen LogP contribution in [0, 0.1) is 45.6 Å². The number of hydrogen-bond acceptors (Lipinski definition) is 7. The van der Waals surface area contributed by atoms with Crippen LogP contribution >= 0.6 is 23.5 Å². The van der Waals surface area contributed by atoms with Gasteiger partial charge in [0.2, 0.25) is 0 Å². The molecule has 0 aliphatic carbocycles. The van der Waals surface area contributed by atoms with E-state index in [1.165, 1.54) is 0 Å². The van der Waals surface area contributed by atoms with Gasteiger partial charge in [-0.15, -0.1) is 0 Å². The average Bonchev–Trinajstić information content (AvgIpc) is 2.95. The van der Waals surface area contributed by atoms with E-state index in [2.05, 4.69) is 9.97 Å².